The zero-order valence-corrected chi connectivity index (χ0v) is 23.5. The summed E-state index contributed by atoms with van der Waals surface area (Å²) in [5.41, 5.74) is -0.890. The highest BCUT2D eigenvalue weighted by atomic mass is 19.4. The molecule has 0 spiro atoms. The maximum absolute atomic E-state index is 15.0. The van der Waals surface area contributed by atoms with Crippen LogP contribution in [0.1, 0.15) is 18.1 Å². The van der Waals surface area contributed by atoms with Crippen molar-refractivity contribution in [1.82, 2.24) is 0 Å². The fraction of sp³-hybridized carbons (Fsp3) is 0.118. The molecule has 238 valence electrons. The Kier molecular flexibility index (Phi) is 8.74. The monoisotopic (exact) mass is 650 g/mol. The number of halogens is 10. The Morgan fingerprint density at radius 1 is 0.500 bits per heavy atom. The zero-order valence-electron chi connectivity index (χ0n) is 23.5. The average Bonchev–Trinajstić information content (AvgIpc) is 2.97. The third-order valence-corrected chi connectivity index (χ3v) is 6.96. The molecule has 0 amide bonds. The molecule has 46 heavy (non-hydrogen) atoms. The Labute approximate surface area is 255 Å². The largest absolute Gasteiger partial charge is 0.573 e. The SMILES string of the molecule is CCc1ccc(-c2ccc(-c3cc(F)c(C(F)(F)Oc4ccc(-c5ccc(OC(F)(F)F)c(F)c5)c(F)c4)c(F)c3)c(F)c2)cc1. The minimum Gasteiger partial charge on any atom is -0.429 e. The lowest BCUT2D eigenvalue weighted by Gasteiger charge is -2.20. The molecular formula is C34H20F10O2. The highest BCUT2D eigenvalue weighted by molar-refractivity contribution is 5.72. The smallest absolute Gasteiger partial charge is 0.429 e. The van der Waals surface area contributed by atoms with Gasteiger partial charge in [0.1, 0.15) is 34.6 Å². The number of alkyl halides is 5. The number of benzene rings is 5. The van der Waals surface area contributed by atoms with Crippen molar-refractivity contribution in [3.05, 3.63) is 131 Å². The molecule has 0 aromatic heterocycles. The van der Waals surface area contributed by atoms with E-state index in [0.29, 0.717) is 41.5 Å². The molecule has 0 aliphatic heterocycles. The number of ether oxygens (including phenoxy) is 2. The third-order valence-electron chi connectivity index (χ3n) is 6.96. The number of hydrogen-bond donors (Lipinski definition) is 0. The predicted octanol–water partition coefficient (Wildman–Crippen LogP) is 11.0. The molecule has 0 bridgehead atoms. The Morgan fingerprint density at radius 3 is 1.59 bits per heavy atom. The van der Waals surface area contributed by atoms with E-state index in [4.69, 9.17) is 0 Å². The molecule has 0 saturated carbocycles. The van der Waals surface area contributed by atoms with Crippen molar-refractivity contribution >= 4 is 0 Å². The summed E-state index contributed by atoms with van der Waals surface area (Å²) in [5, 5.41) is 0. The highest BCUT2D eigenvalue weighted by Crippen LogP contribution is 2.39. The van der Waals surface area contributed by atoms with Gasteiger partial charge >= 0.3 is 12.5 Å². The van der Waals surface area contributed by atoms with E-state index in [1.54, 1.807) is 12.1 Å². The van der Waals surface area contributed by atoms with Crippen LogP contribution in [-0.4, -0.2) is 6.36 Å². The van der Waals surface area contributed by atoms with Crippen LogP contribution < -0.4 is 9.47 Å². The molecule has 0 fully saturated rings. The Balaban J connectivity index is 1.37. The number of rotatable bonds is 8. The van der Waals surface area contributed by atoms with Crippen molar-refractivity contribution in [3.8, 4) is 44.9 Å². The van der Waals surface area contributed by atoms with Crippen LogP contribution in [0, 0.1) is 29.1 Å². The van der Waals surface area contributed by atoms with Gasteiger partial charge in [0.15, 0.2) is 11.6 Å². The zero-order chi connectivity index (χ0) is 33.4. The summed E-state index contributed by atoms with van der Waals surface area (Å²) in [5.74, 6) is -9.21. The van der Waals surface area contributed by atoms with Gasteiger partial charge in [-0.25, -0.2) is 22.0 Å². The summed E-state index contributed by atoms with van der Waals surface area (Å²) >= 11 is 0. The fourth-order valence-electron chi connectivity index (χ4n) is 4.74. The van der Waals surface area contributed by atoms with Crippen LogP contribution in [0.3, 0.4) is 0 Å². The van der Waals surface area contributed by atoms with Crippen molar-refractivity contribution < 1.29 is 53.4 Å². The van der Waals surface area contributed by atoms with Crippen LogP contribution in [0.5, 0.6) is 11.5 Å². The Bertz CT molecular complexity index is 1880. The predicted molar refractivity (Wildman–Crippen MR) is 150 cm³/mol. The summed E-state index contributed by atoms with van der Waals surface area (Å²) in [6.07, 6.45) is -9.06. The molecule has 0 radical (unpaired) electrons. The molecule has 0 aliphatic carbocycles. The van der Waals surface area contributed by atoms with E-state index in [2.05, 4.69) is 9.47 Å². The second-order valence-corrected chi connectivity index (χ2v) is 10.0. The number of aryl methyl sites for hydroxylation is 1. The topological polar surface area (TPSA) is 18.5 Å². The standard InChI is InChI=1S/C34H20F10O2/c1-2-18-3-5-19(6-4-18)20-7-10-25(26(35)13-20)22-15-29(38)32(30(39)16-22)33(40,41)45-23-9-11-24(27(36)17-23)21-8-12-31(28(37)14-21)46-34(42,43)44/h3-17H,2H2,1H3. The van der Waals surface area contributed by atoms with Gasteiger partial charge in [0.05, 0.1) is 0 Å². The number of hydrogen-bond acceptors (Lipinski definition) is 2. The average molecular weight is 651 g/mol. The third kappa shape index (κ3) is 6.95. The van der Waals surface area contributed by atoms with Gasteiger partial charge in [-0.15, -0.1) is 13.2 Å². The van der Waals surface area contributed by atoms with Gasteiger partial charge in [-0.05, 0) is 76.7 Å². The molecule has 0 aliphatic rings. The molecule has 5 aromatic carbocycles. The summed E-state index contributed by atoms with van der Waals surface area (Å²) in [7, 11) is 0. The maximum Gasteiger partial charge on any atom is 0.573 e. The van der Waals surface area contributed by atoms with Gasteiger partial charge < -0.3 is 9.47 Å². The molecule has 2 nitrogen and oxygen atoms in total. The summed E-state index contributed by atoms with van der Waals surface area (Å²) in [6.45, 7) is 1.98. The normalized spacial score (nSPS) is 11.9. The van der Waals surface area contributed by atoms with E-state index in [9.17, 15) is 30.7 Å². The minimum absolute atomic E-state index is 0.255. The lowest BCUT2D eigenvalue weighted by molar-refractivity contribution is -0.275. The van der Waals surface area contributed by atoms with Crippen LogP contribution >= 0.6 is 0 Å². The van der Waals surface area contributed by atoms with Crippen LogP contribution in [-0.2, 0) is 12.5 Å². The van der Waals surface area contributed by atoms with Gasteiger partial charge in [0.25, 0.3) is 0 Å². The van der Waals surface area contributed by atoms with E-state index >= 15 is 13.2 Å². The van der Waals surface area contributed by atoms with Crippen LogP contribution in [0.15, 0.2) is 91.0 Å². The maximum atomic E-state index is 15.0. The highest BCUT2D eigenvalue weighted by Gasteiger charge is 2.41. The summed E-state index contributed by atoms with van der Waals surface area (Å²) in [6, 6.07) is 16.3. The molecular weight excluding hydrogens is 630 g/mol. The lowest BCUT2D eigenvalue weighted by atomic mass is 9.97. The molecule has 0 N–H and O–H groups in total. The second-order valence-electron chi connectivity index (χ2n) is 10.0. The molecule has 5 aromatic rings. The van der Waals surface area contributed by atoms with Crippen molar-refractivity contribution in [3.63, 3.8) is 0 Å². The Hall–Kier alpha value is -5.00. The van der Waals surface area contributed by atoms with Crippen molar-refractivity contribution in [2.75, 3.05) is 0 Å². The van der Waals surface area contributed by atoms with Crippen LogP contribution in [0.4, 0.5) is 43.9 Å². The van der Waals surface area contributed by atoms with Gasteiger partial charge in [-0.2, -0.15) is 8.78 Å². The first-order chi connectivity index (χ1) is 21.6. The fourth-order valence-corrected chi connectivity index (χ4v) is 4.74. The minimum atomic E-state index is -5.18. The van der Waals surface area contributed by atoms with Gasteiger partial charge in [0, 0.05) is 17.2 Å². The lowest BCUT2D eigenvalue weighted by Crippen LogP contribution is -2.25. The van der Waals surface area contributed by atoms with Gasteiger partial charge in [-0.1, -0.05) is 49.4 Å². The molecule has 0 unspecified atom stereocenters. The molecule has 0 atom stereocenters. The summed E-state index contributed by atoms with van der Waals surface area (Å²) in [4.78, 5) is 0. The van der Waals surface area contributed by atoms with Crippen LogP contribution in [0.2, 0.25) is 0 Å². The first-order valence-corrected chi connectivity index (χ1v) is 13.5. The van der Waals surface area contributed by atoms with Crippen molar-refractivity contribution in [2.45, 2.75) is 25.8 Å². The van der Waals surface area contributed by atoms with E-state index in [0.717, 1.165) is 36.2 Å². The van der Waals surface area contributed by atoms with E-state index in [1.165, 1.54) is 12.1 Å². The molecule has 5 rings (SSSR count). The van der Waals surface area contributed by atoms with Crippen molar-refractivity contribution in [1.29, 1.82) is 0 Å². The quantitative estimate of drug-likeness (QED) is 0.156. The van der Waals surface area contributed by atoms with Crippen LogP contribution in [0.25, 0.3) is 33.4 Å². The molecule has 12 heteroatoms. The first kappa shape index (κ1) is 32.4. The van der Waals surface area contributed by atoms with E-state index < -0.39 is 64.2 Å². The summed E-state index contributed by atoms with van der Waals surface area (Å²) < 4.78 is 149. The first-order valence-electron chi connectivity index (χ1n) is 13.5. The van der Waals surface area contributed by atoms with E-state index in [1.807, 2.05) is 19.1 Å². The van der Waals surface area contributed by atoms with Gasteiger partial charge in [-0.3, -0.25) is 0 Å². The van der Waals surface area contributed by atoms with Crippen molar-refractivity contribution in [2.24, 2.45) is 0 Å². The van der Waals surface area contributed by atoms with E-state index in [-0.39, 0.29) is 16.7 Å². The molecule has 0 heterocycles. The molecule has 0 saturated heterocycles. The Morgan fingerprint density at radius 2 is 1.02 bits per heavy atom. The second kappa shape index (κ2) is 12.4. The van der Waals surface area contributed by atoms with Gasteiger partial charge in [0.2, 0.25) is 0 Å².